The van der Waals surface area contributed by atoms with Crippen LogP contribution < -0.4 is 5.32 Å². The minimum absolute atomic E-state index is 0.205. The second-order valence-electron chi connectivity index (χ2n) is 8.33. The van der Waals surface area contributed by atoms with Crippen molar-refractivity contribution in [2.75, 3.05) is 0 Å². The molecule has 32 heavy (non-hydrogen) atoms. The Kier molecular flexibility index (Phi) is 5.00. The van der Waals surface area contributed by atoms with Crippen molar-refractivity contribution in [2.45, 2.75) is 52.1 Å². The van der Waals surface area contributed by atoms with E-state index in [0.717, 1.165) is 36.3 Å². The molecule has 1 N–H and O–H groups in total. The quantitative estimate of drug-likeness (QED) is 0.488. The number of rotatable bonds is 6. The fourth-order valence-electron chi connectivity index (χ4n) is 4.07. The van der Waals surface area contributed by atoms with Crippen LogP contribution in [0.5, 0.6) is 0 Å². The molecule has 1 aromatic carbocycles. The monoisotopic (exact) mass is 432 g/mol. The molecule has 0 aliphatic heterocycles. The Morgan fingerprint density at radius 1 is 1.31 bits per heavy atom. The number of halogens is 1. The van der Waals surface area contributed by atoms with E-state index in [1.54, 1.807) is 24.4 Å². The first-order valence-corrected chi connectivity index (χ1v) is 10.9. The molecule has 0 saturated heterocycles. The number of carbonyl (C=O) groups is 1. The average molecular weight is 433 g/mol. The van der Waals surface area contributed by atoms with E-state index in [0.29, 0.717) is 28.2 Å². The number of carbonyl (C=O) groups excluding carboxylic acids is 1. The molecule has 164 valence electrons. The molecule has 1 amide bonds. The lowest BCUT2D eigenvalue weighted by molar-refractivity contribution is 0.0941. The lowest BCUT2D eigenvalue weighted by atomic mass is 10.1. The molecule has 1 aliphatic carbocycles. The standard InChI is InChI=1S/C24H25FN6O/c1-4-30-13-19(15(3)29-30)14(2)27-24(32)17-11-21(16-9-10-16)28-23-18(17)12-26-31(23)22-8-6-5-7-20(22)25/h5-8,11-14,16H,4,9-10H2,1-3H3,(H,27,32)/t14-/m0/s1. The van der Waals surface area contributed by atoms with Gasteiger partial charge in [-0.3, -0.25) is 9.48 Å². The zero-order valence-corrected chi connectivity index (χ0v) is 18.3. The van der Waals surface area contributed by atoms with Gasteiger partial charge in [-0.1, -0.05) is 12.1 Å². The van der Waals surface area contributed by atoms with Gasteiger partial charge in [0.1, 0.15) is 11.5 Å². The highest BCUT2D eigenvalue weighted by atomic mass is 19.1. The SMILES string of the molecule is CCn1cc([C@H](C)NC(=O)c2cc(C3CC3)nc3c2cnn3-c2ccccc2F)c(C)n1. The Hall–Kier alpha value is -3.55. The van der Waals surface area contributed by atoms with Crippen LogP contribution in [0.4, 0.5) is 4.39 Å². The number of para-hydroxylation sites is 1. The van der Waals surface area contributed by atoms with Gasteiger partial charge in [-0.15, -0.1) is 0 Å². The molecule has 1 aliphatic rings. The number of hydrogen-bond donors (Lipinski definition) is 1. The van der Waals surface area contributed by atoms with Crippen molar-refractivity contribution in [3.8, 4) is 5.69 Å². The van der Waals surface area contributed by atoms with Gasteiger partial charge in [0.2, 0.25) is 0 Å². The Balaban J connectivity index is 1.55. The minimum atomic E-state index is -0.390. The van der Waals surface area contributed by atoms with Gasteiger partial charge in [0.05, 0.1) is 28.9 Å². The summed E-state index contributed by atoms with van der Waals surface area (Å²) >= 11 is 0. The second kappa shape index (κ2) is 7.85. The molecule has 0 spiro atoms. The molecule has 8 heteroatoms. The first kappa shape index (κ1) is 20.4. The summed E-state index contributed by atoms with van der Waals surface area (Å²) in [6, 6.07) is 8.08. The van der Waals surface area contributed by atoms with Crippen molar-refractivity contribution in [2.24, 2.45) is 0 Å². The maximum absolute atomic E-state index is 14.5. The molecule has 0 unspecified atom stereocenters. The normalized spacial score (nSPS) is 14.6. The van der Waals surface area contributed by atoms with Gasteiger partial charge in [0, 0.05) is 29.9 Å². The lowest BCUT2D eigenvalue weighted by Crippen LogP contribution is -2.27. The van der Waals surface area contributed by atoms with E-state index in [2.05, 4.69) is 15.5 Å². The molecule has 0 bridgehead atoms. The molecule has 3 aromatic heterocycles. The second-order valence-corrected chi connectivity index (χ2v) is 8.33. The fraction of sp³-hybridized carbons (Fsp3) is 0.333. The van der Waals surface area contributed by atoms with Crippen LogP contribution in [0.2, 0.25) is 0 Å². The van der Waals surface area contributed by atoms with Crippen molar-refractivity contribution in [1.29, 1.82) is 0 Å². The van der Waals surface area contributed by atoms with Crippen molar-refractivity contribution in [3.05, 3.63) is 71.1 Å². The number of aryl methyl sites for hydroxylation is 2. The van der Waals surface area contributed by atoms with Crippen molar-refractivity contribution in [3.63, 3.8) is 0 Å². The van der Waals surface area contributed by atoms with Gasteiger partial charge in [0.15, 0.2) is 5.65 Å². The number of benzene rings is 1. The smallest absolute Gasteiger partial charge is 0.252 e. The molecule has 4 aromatic rings. The molecule has 1 saturated carbocycles. The summed E-state index contributed by atoms with van der Waals surface area (Å²) < 4.78 is 17.8. The Morgan fingerprint density at radius 2 is 2.09 bits per heavy atom. The van der Waals surface area contributed by atoms with E-state index in [4.69, 9.17) is 4.98 Å². The van der Waals surface area contributed by atoms with Crippen molar-refractivity contribution in [1.82, 2.24) is 29.9 Å². The zero-order valence-electron chi connectivity index (χ0n) is 18.3. The van der Waals surface area contributed by atoms with E-state index in [1.165, 1.54) is 10.7 Å². The Morgan fingerprint density at radius 3 is 2.78 bits per heavy atom. The van der Waals surface area contributed by atoms with Gasteiger partial charge in [0.25, 0.3) is 5.91 Å². The third kappa shape index (κ3) is 3.55. The molecule has 3 heterocycles. The van der Waals surface area contributed by atoms with E-state index in [1.807, 2.05) is 37.7 Å². The number of nitrogens with zero attached hydrogens (tertiary/aromatic N) is 5. The van der Waals surface area contributed by atoms with Crippen LogP contribution in [0.1, 0.15) is 66.0 Å². The lowest BCUT2D eigenvalue weighted by Gasteiger charge is -2.14. The molecule has 7 nitrogen and oxygen atoms in total. The van der Waals surface area contributed by atoms with Crippen LogP contribution in [0.15, 0.2) is 42.7 Å². The van der Waals surface area contributed by atoms with Crippen LogP contribution in [0.3, 0.4) is 0 Å². The van der Waals surface area contributed by atoms with Crippen LogP contribution >= 0.6 is 0 Å². The molecule has 1 fully saturated rings. The summed E-state index contributed by atoms with van der Waals surface area (Å²) in [6.45, 7) is 6.69. The van der Waals surface area contributed by atoms with Gasteiger partial charge in [-0.25, -0.2) is 14.1 Å². The largest absolute Gasteiger partial charge is 0.345 e. The molecular weight excluding hydrogens is 407 g/mol. The van der Waals surface area contributed by atoms with Crippen molar-refractivity contribution < 1.29 is 9.18 Å². The number of pyridine rings is 1. The predicted octanol–water partition coefficient (Wildman–Crippen LogP) is 4.45. The van der Waals surface area contributed by atoms with Crippen LogP contribution in [0, 0.1) is 12.7 Å². The van der Waals surface area contributed by atoms with E-state index < -0.39 is 0 Å². The first-order valence-electron chi connectivity index (χ1n) is 10.9. The van der Waals surface area contributed by atoms with Crippen molar-refractivity contribution >= 4 is 16.9 Å². The summed E-state index contributed by atoms with van der Waals surface area (Å²) in [6.07, 6.45) is 5.64. The van der Waals surface area contributed by atoms with E-state index >= 15 is 0 Å². The van der Waals surface area contributed by atoms with Gasteiger partial charge < -0.3 is 5.32 Å². The summed E-state index contributed by atoms with van der Waals surface area (Å²) in [4.78, 5) is 18.1. The fourth-order valence-corrected chi connectivity index (χ4v) is 4.07. The maximum atomic E-state index is 14.5. The molecule has 0 radical (unpaired) electrons. The van der Waals surface area contributed by atoms with Gasteiger partial charge in [-0.2, -0.15) is 10.2 Å². The summed E-state index contributed by atoms with van der Waals surface area (Å²) in [5, 5.41) is 12.6. The molecule has 5 rings (SSSR count). The Bertz CT molecular complexity index is 1320. The predicted molar refractivity (Wildman–Crippen MR) is 119 cm³/mol. The van der Waals surface area contributed by atoms with E-state index in [-0.39, 0.29) is 17.8 Å². The summed E-state index contributed by atoms with van der Waals surface area (Å²) in [7, 11) is 0. The number of aromatic nitrogens is 5. The molecular formula is C24H25FN6O. The summed E-state index contributed by atoms with van der Waals surface area (Å²) in [5.41, 5.74) is 4.04. The number of amides is 1. The van der Waals surface area contributed by atoms with E-state index in [9.17, 15) is 9.18 Å². The number of hydrogen-bond acceptors (Lipinski definition) is 4. The zero-order chi connectivity index (χ0) is 22.4. The number of nitrogens with one attached hydrogen (secondary N) is 1. The van der Waals surface area contributed by atoms with Crippen LogP contribution in [-0.4, -0.2) is 30.5 Å². The summed E-state index contributed by atoms with van der Waals surface area (Å²) in [5.74, 6) is -0.264. The minimum Gasteiger partial charge on any atom is -0.345 e. The Labute approximate surface area is 185 Å². The third-order valence-electron chi connectivity index (χ3n) is 6.00. The van der Waals surface area contributed by atoms with Crippen LogP contribution in [-0.2, 0) is 6.54 Å². The highest BCUT2D eigenvalue weighted by Crippen LogP contribution is 2.40. The highest BCUT2D eigenvalue weighted by molar-refractivity contribution is 6.06. The maximum Gasteiger partial charge on any atom is 0.252 e. The first-order chi connectivity index (χ1) is 15.5. The third-order valence-corrected chi connectivity index (χ3v) is 6.00. The van der Waals surface area contributed by atoms with Gasteiger partial charge >= 0.3 is 0 Å². The average Bonchev–Trinajstić information content (AvgIpc) is 3.44. The van der Waals surface area contributed by atoms with Gasteiger partial charge in [-0.05, 0) is 51.8 Å². The highest BCUT2D eigenvalue weighted by Gasteiger charge is 2.29. The van der Waals surface area contributed by atoms with Crippen LogP contribution in [0.25, 0.3) is 16.7 Å². The topological polar surface area (TPSA) is 77.6 Å². The molecule has 1 atom stereocenters. The number of fused-ring (bicyclic) bond motifs is 1.